The maximum atomic E-state index is 15.5. The lowest BCUT2D eigenvalue weighted by Gasteiger charge is -2.28. The molecule has 1 unspecified atom stereocenters. The predicted molar refractivity (Wildman–Crippen MR) is 146 cm³/mol. The number of ether oxygens (including phenoxy) is 1. The Bertz CT molecular complexity index is 1600. The number of morpholine rings is 1. The summed E-state index contributed by atoms with van der Waals surface area (Å²) in [5, 5.41) is 0. The molecular formula is C26H24F5N7O2S. The quantitative estimate of drug-likeness (QED) is 0.281. The molecule has 1 saturated heterocycles. The van der Waals surface area contributed by atoms with Gasteiger partial charge in [-0.3, -0.25) is 4.39 Å². The van der Waals surface area contributed by atoms with Gasteiger partial charge in [-0.2, -0.15) is 13.2 Å². The van der Waals surface area contributed by atoms with Crippen LogP contribution in [0.2, 0.25) is 0 Å². The SMILES string of the molecule is Nc1cc(C(F)(F)F)c(-c2nc(N3CCOCC3)c3nc(-c4cccc(NS(=O)CCCF)c4F)ccc3n2)cn1. The Morgan fingerprint density at radius 1 is 1.07 bits per heavy atom. The first-order valence-electron chi connectivity index (χ1n) is 12.5. The van der Waals surface area contributed by atoms with Crippen molar-refractivity contribution in [3.63, 3.8) is 0 Å². The summed E-state index contributed by atoms with van der Waals surface area (Å²) in [7, 11) is -1.69. The molecule has 1 aliphatic rings. The highest BCUT2D eigenvalue weighted by Gasteiger charge is 2.35. The highest BCUT2D eigenvalue weighted by atomic mass is 32.2. The number of benzene rings is 1. The Morgan fingerprint density at radius 3 is 2.59 bits per heavy atom. The molecule has 4 aromatic rings. The average Bonchev–Trinajstić information content (AvgIpc) is 2.96. The van der Waals surface area contributed by atoms with Crippen molar-refractivity contribution in [1.82, 2.24) is 19.9 Å². The van der Waals surface area contributed by atoms with Crippen molar-refractivity contribution in [2.75, 3.05) is 54.1 Å². The molecule has 0 radical (unpaired) electrons. The lowest BCUT2D eigenvalue weighted by Crippen LogP contribution is -2.37. The molecule has 5 rings (SSSR count). The molecule has 0 saturated carbocycles. The van der Waals surface area contributed by atoms with Crippen LogP contribution in [0.1, 0.15) is 12.0 Å². The zero-order chi connectivity index (χ0) is 29.1. The number of nitrogens with zero attached hydrogens (tertiary/aromatic N) is 5. The Labute approximate surface area is 233 Å². The summed E-state index contributed by atoms with van der Waals surface area (Å²) in [6.07, 6.45) is -3.69. The van der Waals surface area contributed by atoms with Gasteiger partial charge in [0.1, 0.15) is 22.3 Å². The Morgan fingerprint density at radius 2 is 1.85 bits per heavy atom. The van der Waals surface area contributed by atoms with E-state index in [0.717, 1.165) is 12.3 Å². The smallest absolute Gasteiger partial charge is 0.384 e. The van der Waals surface area contributed by atoms with Crippen LogP contribution in [0.4, 0.5) is 39.3 Å². The zero-order valence-electron chi connectivity index (χ0n) is 21.4. The molecule has 1 aromatic carbocycles. The van der Waals surface area contributed by atoms with Gasteiger partial charge in [0.25, 0.3) is 0 Å². The van der Waals surface area contributed by atoms with E-state index < -0.39 is 35.2 Å². The minimum Gasteiger partial charge on any atom is -0.384 e. The van der Waals surface area contributed by atoms with Gasteiger partial charge in [0.15, 0.2) is 17.5 Å². The summed E-state index contributed by atoms with van der Waals surface area (Å²) in [4.78, 5) is 19.1. The second kappa shape index (κ2) is 11.9. The van der Waals surface area contributed by atoms with Crippen LogP contribution in [0.15, 0.2) is 42.6 Å². The monoisotopic (exact) mass is 593 g/mol. The summed E-state index contributed by atoms with van der Waals surface area (Å²) in [6.45, 7) is 0.863. The lowest BCUT2D eigenvalue weighted by atomic mass is 10.1. The second-order valence-electron chi connectivity index (χ2n) is 9.05. The van der Waals surface area contributed by atoms with Gasteiger partial charge in [0.2, 0.25) is 0 Å². The van der Waals surface area contributed by atoms with Crippen molar-refractivity contribution in [3.8, 4) is 22.6 Å². The number of hydrogen-bond donors (Lipinski definition) is 2. The van der Waals surface area contributed by atoms with Crippen LogP contribution >= 0.6 is 0 Å². The first-order chi connectivity index (χ1) is 19.7. The Balaban J connectivity index is 1.63. The number of hydrogen-bond acceptors (Lipinski definition) is 8. The van der Waals surface area contributed by atoms with Crippen molar-refractivity contribution in [3.05, 3.63) is 54.0 Å². The lowest BCUT2D eigenvalue weighted by molar-refractivity contribution is -0.137. The van der Waals surface area contributed by atoms with E-state index in [1.54, 1.807) is 6.07 Å². The van der Waals surface area contributed by atoms with E-state index >= 15 is 4.39 Å². The van der Waals surface area contributed by atoms with Crippen molar-refractivity contribution in [2.45, 2.75) is 12.6 Å². The van der Waals surface area contributed by atoms with Crippen molar-refractivity contribution < 1.29 is 30.9 Å². The Kier molecular flexibility index (Phi) is 8.26. The third-order valence-electron chi connectivity index (χ3n) is 6.27. The second-order valence-corrected chi connectivity index (χ2v) is 10.4. The number of nitrogens with one attached hydrogen (secondary N) is 1. The highest BCUT2D eigenvalue weighted by molar-refractivity contribution is 7.86. The van der Waals surface area contributed by atoms with Gasteiger partial charge >= 0.3 is 6.18 Å². The van der Waals surface area contributed by atoms with Gasteiger partial charge in [-0.25, -0.2) is 28.5 Å². The van der Waals surface area contributed by atoms with Crippen molar-refractivity contribution in [1.29, 1.82) is 0 Å². The van der Waals surface area contributed by atoms with E-state index in [-0.39, 0.29) is 63.2 Å². The fourth-order valence-electron chi connectivity index (χ4n) is 4.32. The number of pyridine rings is 2. The van der Waals surface area contributed by atoms with E-state index in [4.69, 9.17) is 10.5 Å². The number of fused-ring (bicyclic) bond motifs is 1. The fourth-order valence-corrected chi connectivity index (χ4v) is 5.19. The molecular weight excluding hydrogens is 569 g/mol. The van der Waals surface area contributed by atoms with Crippen molar-refractivity contribution >= 4 is 39.3 Å². The van der Waals surface area contributed by atoms with Crippen LogP contribution in [0, 0.1) is 5.82 Å². The third kappa shape index (κ3) is 6.20. The summed E-state index contributed by atoms with van der Waals surface area (Å²) in [6, 6.07) is 8.17. The third-order valence-corrected chi connectivity index (χ3v) is 7.37. The molecule has 0 aliphatic carbocycles. The molecule has 4 heterocycles. The van der Waals surface area contributed by atoms with Crippen LogP contribution in [-0.2, 0) is 21.9 Å². The number of rotatable bonds is 8. The molecule has 0 bridgehead atoms. The van der Waals surface area contributed by atoms with E-state index in [2.05, 4.69) is 24.7 Å². The summed E-state index contributed by atoms with van der Waals surface area (Å²) in [5.41, 5.74) is 4.86. The van der Waals surface area contributed by atoms with Crippen LogP contribution in [0.25, 0.3) is 33.7 Å². The summed E-state index contributed by atoms with van der Waals surface area (Å²) in [5.74, 6) is -0.979. The van der Waals surface area contributed by atoms with Gasteiger partial charge in [0.05, 0.1) is 42.3 Å². The molecule has 0 spiro atoms. The fraction of sp³-hybridized carbons (Fsp3) is 0.308. The Hall–Kier alpha value is -3.98. The number of anilines is 3. The maximum Gasteiger partial charge on any atom is 0.417 e. The topological polar surface area (TPSA) is 119 Å². The molecule has 3 N–H and O–H groups in total. The molecule has 0 amide bonds. The van der Waals surface area contributed by atoms with Crippen LogP contribution in [-0.4, -0.2) is 62.9 Å². The van der Waals surface area contributed by atoms with Gasteiger partial charge in [-0.05, 0) is 36.8 Å². The standard InChI is InChI=1S/C26H24F5N7O2S/c27-7-2-12-41(39)37-19-4-1-3-15(22(19)28)18-5-6-20-23(34-18)25(38-8-10-40-11-9-38)36-24(35-20)16-14-33-21(32)13-17(16)26(29,30)31/h1,3-6,13-14,37H,2,7-12H2,(H2,32,33). The molecule has 9 nitrogen and oxygen atoms in total. The van der Waals surface area contributed by atoms with Gasteiger partial charge in [-0.15, -0.1) is 0 Å². The van der Waals surface area contributed by atoms with Crippen LogP contribution in [0.3, 0.4) is 0 Å². The van der Waals surface area contributed by atoms with Gasteiger partial charge < -0.3 is 20.1 Å². The maximum absolute atomic E-state index is 15.5. The van der Waals surface area contributed by atoms with E-state index in [9.17, 15) is 21.8 Å². The van der Waals surface area contributed by atoms with Gasteiger partial charge in [0, 0.05) is 36.2 Å². The molecule has 41 heavy (non-hydrogen) atoms. The largest absolute Gasteiger partial charge is 0.417 e. The van der Waals surface area contributed by atoms with E-state index in [1.807, 2.05) is 4.90 Å². The zero-order valence-corrected chi connectivity index (χ0v) is 22.2. The number of nitrogen functional groups attached to an aromatic ring is 1. The molecule has 216 valence electrons. The minimum absolute atomic E-state index is 0.0105. The normalized spacial score (nSPS) is 14.8. The molecule has 1 atom stereocenters. The molecule has 1 aliphatic heterocycles. The number of nitrogens with two attached hydrogens (primary N) is 1. The summed E-state index contributed by atoms with van der Waals surface area (Å²) < 4.78 is 89.7. The number of halogens is 5. The van der Waals surface area contributed by atoms with Crippen LogP contribution in [0.5, 0.6) is 0 Å². The van der Waals surface area contributed by atoms with Gasteiger partial charge in [-0.1, -0.05) is 6.07 Å². The van der Waals surface area contributed by atoms with E-state index in [1.165, 1.54) is 24.3 Å². The number of alkyl halides is 4. The predicted octanol–water partition coefficient (Wildman–Crippen LogP) is 4.77. The average molecular weight is 594 g/mol. The van der Waals surface area contributed by atoms with Crippen molar-refractivity contribution in [2.24, 2.45) is 0 Å². The minimum atomic E-state index is -4.74. The molecule has 1 fully saturated rings. The summed E-state index contributed by atoms with van der Waals surface area (Å²) >= 11 is 0. The van der Waals surface area contributed by atoms with E-state index in [0.29, 0.717) is 26.3 Å². The molecule has 3 aromatic heterocycles. The first kappa shape index (κ1) is 28.5. The number of aromatic nitrogens is 4. The highest BCUT2D eigenvalue weighted by Crippen LogP contribution is 2.38. The molecule has 15 heteroatoms. The first-order valence-corrected chi connectivity index (χ1v) is 13.8. The van der Waals surface area contributed by atoms with Crippen LogP contribution < -0.4 is 15.4 Å².